The fourth-order valence-electron chi connectivity index (χ4n) is 2.12. The summed E-state index contributed by atoms with van der Waals surface area (Å²) in [6, 6.07) is 5.97. The van der Waals surface area contributed by atoms with E-state index in [-0.39, 0.29) is 11.4 Å². The topological polar surface area (TPSA) is 59.3 Å². The maximum absolute atomic E-state index is 11.9. The van der Waals surface area contributed by atoms with Crippen LogP contribution >= 0.6 is 11.3 Å². The van der Waals surface area contributed by atoms with Crippen molar-refractivity contribution in [2.45, 2.75) is 27.3 Å². The molecule has 2 aromatic rings. The van der Waals surface area contributed by atoms with Gasteiger partial charge in [-0.3, -0.25) is 14.2 Å². The number of carboxylic acids is 1. The summed E-state index contributed by atoms with van der Waals surface area (Å²) in [7, 11) is 0. The highest BCUT2D eigenvalue weighted by Gasteiger charge is 2.17. The number of aromatic nitrogens is 1. The molecule has 19 heavy (non-hydrogen) atoms. The lowest BCUT2D eigenvalue weighted by Gasteiger charge is -2.10. The van der Waals surface area contributed by atoms with Gasteiger partial charge < -0.3 is 5.11 Å². The van der Waals surface area contributed by atoms with Gasteiger partial charge in [0.1, 0.15) is 6.54 Å². The van der Waals surface area contributed by atoms with E-state index >= 15 is 0 Å². The molecule has 2 rings (SSSR count). The summed E-state index contributed by atoms with van der Waals surface area (Å²) in [6.07, 6.45) is 0. The van der Waals surface area contributed by atoms with Crippen LogP contribution in [0.1, 0.15) is 16.0 Å². The van der Waals surface area contributed by atoms with Crippen molar-refractivity contribution in [1.29, 1.82) is 0 Å². The number of benzene rings is 1. The third-order valence-electron chi connectivity index (χ3n) is 3.01. The molecule has 100 valence electrons. The van der Waals surface area contributed by atoms with Gasteiger partial charge in [-0.15, -0.1) is 0 Å². The molecule has 0 saturated carbocycles. The zero-order valence-electron chi connectivity index (χ0n) is 11.1. The van der Waals surface area contributed by atoms with Gasteiger partial charge in [-0.1, -0.05) is 29.0 Å². The number of carboxylic acid groups (broad SMARTS) is 1. The first-order chi connectivity index (χ1) is 8.90. The first-order valence-electron chi connectivity index (χ1n) is 5.90. The number of hydrogen-bond acceptors (Lipinski definition) is 3. The van der Waals surface area contributed by atoms with Crippen LogP contribution in [0.3, 0.4) is 0 Å². The van der Waals surface area contributed by atoms with Crippen LogP contribution in [0.15, 0.2) is 23.0 Å². The van der Waals surface area contributed by atoms with Crippen molar-refractivity contribution in [2.75, 3.05) is 0 Å². The summed E-state index contributed by atoms with van der Waals surface area (Å²) in [5, 5.41) is 8.94. The summed E-state index contributed by atoms with van der Waals surface area (Å²) >= 11 is 1.09. The van der Waals surface area contributed by atoms with Crippen LogP contribution in [0, 0.1) is 20.8 Å². The quantitative estimate of drug-likeness (QED) is 0.938. The summed E-state index contributed by atoms with van der Waals surface area (Å²) in [4.78, 5) is 23.4. The SMILES string of the molecule is Cc1ccc(C)c(-c2c(C)sc(=O)n2CC(=O)O)c1. The predicted octanol–water partition coefficient (Wildman–Crippen LogP) is 2.59. The number of aryl methyl sites for hydroxylation is 3. The van der Waals surface area contributed by atoms with E-state index in [1.165, 1.54) is 4.57 Å². The molecule has 1 N–H and O–H groups in total. The van der Waals surface area contributed by atoms with Gasteiger partial charge in [0.2, 0.25) is 0 Å². The van der Waals surface area contributed by atoms with Crippen molar-refractivity contribution >= 4 is 17.3 Å². The lowest BCUT2D eigenvalue weighted by molar-refractivity contribution is -0.137. The van der Waals surface area contributed by atoms with E-state index in [4.69, 9.17) is 5.11 Å². The number of carbonyl (C=O) groups is 1. The van der Waals surface area contributed by atoms with Crippen LogP contribution in [0.5, 0.6) is 0 Å². The summed E-state index contributed by atoms with van der Waals surface area (Å²) in [6.45, 7) is 5.49. The molecule has 0 bridgehead atoms. The fourth-order valence-corrected chi connectivity index (χ4v) is 2.97. The van der Waals surface area contributed by atoms with Crippen molar-refractivity contribution in [3.63, 3.8) is 0 Å². The van der Waals surface area contributed by atoms with Gasteiger partial charge in [0.15, 0.2) is 0 Å². The molecular weight excluding hydrogens is 262 g/mol. The highest BCUT2D eigenvalue weighted by Crippen LogP contribution is 2.28. The molecule has 4 nitrogen and oxygen atoms in total. The van der Waals surface area contributed by atoms with Gasteiger partial charge in [0.05, 0.1) is 5.69 Å². The number of rotatable bonds is 3. The van der Waals surface area contributed by atoms with Gasteiger partial charge in [-0.25, -0.2) is 0 Å². The zero-order chi connectivity index (χ0) is 14.2. The first kappa shape index (κ1) is 13.5. The predicted molar refractivity (Wildman–Crippen MR) is 75.9 cm³/mol. The minimum atomic E-state index is -1.01. The van der Waals surface area contributed by atoms with E-state index in [2.05, 4.69) is 0 Å². The van der Waals surface area contributed by atoms with Crippen LogP contribution in [-0.4, -0.2) is 15.6 Å². The molecule has 0 atom stereocenters. The molecule has 0 spiro atoms. The van der Waals surface area contributed by atoms with E-state index in [0.29, 0.717) is 0 Å². The molecule has 0 amide bonds. The largest absolute Gasteiger partial charge is 0.480 e. The summed E-state index contributed by atoms with van der Waals surface area (Å²) in [5.41, 5.74) is 3.77. The van der Waals surface area contributed by atoms with Crippen LogP contribution in [0.25, 0.3) is 11.3 Å². The first-order valence-corrected chi connectivity index (χ1v) is 6.71. The standard InChI is InChI=1S/C14H15NO3S/c1-8-4-5-9(2)11(6-8)13-10(3)19-14(18)15(13)7-12(16)17/h4-6H,7H2,1-3H3,(H,16,17). The Bertz CT molecular complexity index is 697. The number of aliphatic carboxylic acids is 1. The number of hydrogen-bond donors (Lipinski definition) is 1. The Morgan fingerprint density at radius 1 is 1.32 bits per heavy atom. The second kappa shape index (κ2) is 5.01. The monoisotopic (exact) mass is 277 g/mol. The number of thiazole rings is 1. The smallest absolute Gasteiger partial charge is 0.323 e. The van der Waals surface area contributed by atoms with E-state index in [1.807, 2.05) is 39.0 Å². The minimum Gasteiger partial charge on any atom is -0.480 e. The molecule has 0 unspecified atom stereocenters. The maximum atomic E-state index is 11.9. The van der Waals surface area contributed by atoms with E-state index < -0.39 is 5.97 Å². The van der Waals surface area contributed by atoms with Gasteiger partial charge >= 0.3 is 10.8 Å². The molecule has 0 fully saturated rings. The van der Waals surface area contributed by atoms with Crippen LogP contribution in [0.4, 0.5) is 0 Å². The third kappa shape index (κ3) is 2.61. The Morgan fingerprint density at radius 2 is 2.00 bits per heavy atom. The second-order valence-corrected chi connectivity index (χ2v) is 5.74. The van der Waals surface area contributed by atoms with E-state index in [1.54, 1.807) is 0 Å². The van der Waals surface area contributed by atoms with Crippen LogP contribution < -0.4 is 4.87 Å². The van der Waals surface area contributed by atoms with Crippen molar-refractivity contribution in [3.8, 4) is 11.3 Å². The molecule has 0 aliphatic carbocycles. The van der Waals surface area contributed by atoms with Crippen molar-refractivity contribution in [1.82, 2.24) is 4.57 Å². The maximum Gasteiger partial charge on any atom is 0.323 e. The molecule has 1 aromatic heterocycles. The van der Waals surface area contributed by atoms with Gasteiger partial charge in [0.25, 0.3) is 0 Å². The van der Waals surface area contributed by atoms with Crippen molar-refractivity contribution in [3.05, 3.63) is 43.9 Å². The van der Waals surface area contributed by atoms with Gasteiger partial charge in [0, 0.05) is 10.4 Å². The highest BCUT2D eigenvalue weighted by molar-refractivity contribution is 7.09. The Balaban J connectivity index is 2.71. The lowest BCUT2D eigenvalue weighted by Crippen LogP contribution is -2.20. The van der Waals surface area contributed by atoms with Gasteiger partial charge in [-0.2, -0.15) is 0 Å². The van der Waals surface area contributed by atoms with Crippen molar-refractivity contribution in [2.24, 2.45) is 0 Å². The Labute approximate surface area is 115 Å². The summed E-state index contributed by atoms with van der Waals surface area (Å²) < 4.78 is 1.34. The molecule has 0 radical (unpaired) electrons. The van der Waals surface area contributed by atoms with Gasteiger partial charge in [-0.05, 0) is 32.4 Å². The molecule has 1 aromatic carbocycles. The Hall–Kier alpha value is -1.88. The minimum absolute atomic E-state index is 0.226. The fraction of sp³-hybridized carbons (Fsp3) is 0.286. The van der Waals surface area contributed by atoms with E-state index in [9.17, 15) is 9.59 Å². The van der Waals surface area contributed by atoms with E-state index in [0.717, 1.165) is 38.6 Å². The Morgan fingerprint density at radius 3 is 2.63 bits per heavy atom. The van der Waals surface area contributed by atoms with Crippen molar-refractivity contribution < 1.29 is 9.90 Å². The highest BCUT2D eigenvalue weighted by atomic mass is 32.1. The molecule has 0 saturated heterocycles. The Kier molecular flexibility index (Phi) is 3.57. The third-order valence-corrected chi connectivity index (χ3v) is 3.90. The normalized spacial score (nSPS) is 10.7. The lowest BCUT2D eigenvalue weighted by atomic mass is 10.0. The second-order valence-electron chi connectivity index (χ2n) is 4.57. The molecular formula is C14H15NO3S. The number of nitrogens with zero attached hydrogens (tertiary/aromatic N) is 1. The zero-order valence-corrected chi connectivity index (χ0v) is 11.9. The van der Waals surface area contributed by atoms with Crippen LogP contribution in [-0.2, 0) is 11.3 Å². The molecule has 1 heterocycles. The summed E-state index contributed by atoms with van der Waals surface area (Å²) in [5.74, 6) is -1.01. The molecule has 5 heteroatoms. The average molecular weight is 277 g/mol. The molecule has 0 aliphatic rings. The molecule has 0 aliphatic heterocycles. The van der Waals surface area contributed by atoms with Crippen LogP contribution in [0.2, 0.25) is 0 Å². The average Bonchev–Trinajstić information content (AvgIpc) is 2.57.